The number of unbranched alkanes of at least 4 members (excludes halogenated alkanes) is 1. The van der Waals surface area contributed by atoms with Gasteiger partial charge in [-0.1, -0.05) is 103 Å². The minimum absolute atomic E-state index is 0.138. The summed E-state index contributed by atoms with van der Waals surface area (Å²) < 4.78 is 10.3. The van der Waals surface area contributed by atoms with Gasteiger partial charge in [0.15, 0.2) is 0 Å². The van der Waals surface area contributed by atoms with Gasteiger partial charge in [-0.3, -0.25) is 4.79 Å². The Kier molecular flexibility index (Phi) is 12.7. The lowest BCUT2D eigenvalue weighted by atomic mass is 9.78. The van der Waals surface area contributed by atoms with Gasteiger partial charge >= 0.3 is 5.97 Å². The fraction of sp³-hybridized carbons (Fsp3) is 0.324. The number of phenolic OH excluding ortho intramolecular Hbond substituents is 2. The standard InChI is InChI=1S/C18H20O3.C15H16O2.C4H10/c1-13(19)21-17-11-7-15(8-12-17)18(2,3)14-5-9-16(20-4)10-6-14;1-15(2,11-3-7-13(16)8-4-11)12-5-9-14(17)10-6-12;1-3-4-2/h5-12H,1-4H3;3-10,16-17H,1-2H3;3-4H2,1-2H3. The first-order valence-corrected chi connectivity index (χ1v) is 14.4. The van der Waals surface area contributed by atoms with Crippen LogP contribution in [0.3, 0.4) is 0 Å². The summed E-state index contributed by atoms with van der Waals surface area (Å²) in [5.41, 5.74) is 4.32. The number of esters is 1. The average molecular weight is 571 g/mol. The van der Waals surface area contributed by atoms with E-state index < -0.39 is 0 Å². The Labute approximate surface area is 251 Å². The van der Waals surface area contributed by atoms with Crippen LogP contribution in [0.1, 0.15) is 83.6 Å². The van der Waals surface area contributed by atoms with Gasteiger partial charge in [0.25, 0.3) is 0 Å². The second kappa shape index (κ2) is 15.7. The highest BCUT2D eigenvalue weighted by atomic mass is 16.5. The molecule has 2 N–H and O–H groups in total. The monoisotopic (exact) mass is 570 g/mol. The van der Waals surface area contributed by atoms with E-state index in [0.717, 1.165) is 22.4 Å². The molecule has 42 heavy (non-hydrogen) atoms. The Morgan fingerprint density at radius 3 is 1.12 bits per heavy atom. The summed E-state index contributed by atoms with van der Waals surface area (Å²) in [6.07, 6.45) is 2.64. The van der Waals surface area contributed by atoms with Gasteiger partial charge in [-0.2, -0.15) is 0 Å². The molecule has 0 saturated heterocycles. The van der Waals surface area contributed by atoms with Crippen LogP contribution < -0.4 is 9.47 Å². The second-order valence-electron chi connectivity index (χ2n) is 11.2. The van der Waals surface area contributed by atoms with Crippen LogP contribution in [0.4, 0.5) is 0 Å². The third kappa shape index (κ3) is 9.69. The molecule has 0 aliphatic carbocycles. The second-order valence-corrected chi connectivity index (χ2v) is 11.2. The lowest BCUT2D eigenvalue weighted by Gasteiger charge is -2.26. The van der Waals surface area contributed by atoms with Gasteiger partial charge in [0, 0.05) is 17.8 Å². The van der Waals surface area contributed by atoms with E-state index in [1.165, 1.54) is 25.3 Å². The number of aromatic hydroxyl groups is 2. The summed E-state index contributed by atoms with van der Waals surface area (Å²) in [6, 6.07) is 30.1. The lowest BCUT2D eigenvalue weighted by Crippen LogP contribution is -2.18. The molecule has 0 bridgehead atoms. The number of methoxy groups -OCH3 is 1. The predicted octanol–water partition coefficient (Wildman–Crippen LogP) is 9.18. The quantitative estimate of drug-likeness (QED) is 0.171. The van der Waals surface area contributed by atoms with E-state index in [1.807, 2.05) is 60.7 Å². The molecular formula is C37H46O5. The summed E-state index contributed by atoms with van der Waals surface area (Å²) in [5.74, 6) is 1.65. The summed E-state index contributed by atoms with van der Waals surface area (Å²) >= 11 is 0. The fourth-order valence-electron chi connectivity index (χ4n) is 4.20. The number of ether oxygens (including phenoxy) is 2. The molecule has 4 rings (SSSR count). The summed E-state index contributed by atoms with van der Waals surface area (Å²) in [5, 5.41) is 18.6. The van der Waals surface area contributed by atoms with E-state index in [0.29, 0.717) is 5.75 Å². The van der Waals surface area contributed by atoms with Crippen molar-refractivity contribution in [1.29, 1.82) is 0 Å². The van der Waals surface area contributed by atoms with Crippen LogP contribution in [0.2, 0.25) is 0 Å². The molecule has 5 heteroatoms. The van der Waals surface area contributed by atoms with Crippen molar-refractivity contribution in [1.82, 2.24) is 0 Å². The maximum Gasteiger partial charge on any atom is 0.308 e. The van der Waals surface area contributed by atoms with Crippen molar-refractivity contribution >= 4 is 5.97 Å². The van der Waals surface area contributed by atoms with E-state index in [-0.39, 0.29) is 28.3 Å². The molecule has 0 fully saturated rings. The number of phenols is 2. The van der Waals surface area contributed by atoms with Gasteiger partial charge in [-0.05, 0) is 70.8 Å². The Hall–Kier alpha value is -4.25. The van der Waals surface area contributed by atoms with Crippen molar-refractivity contribution in [2.45, 2.75) is 72.1 Å². The number of benzene rings is 4. The van der Waals surface area contributed by atoms with Crippen LogP contribution >= 0.6 is 0 Å². The van der Waals surface area contributed by atoms with Crippen LogP contribution in [0.15, 0.2) is 97.1 Å². The Morgan fingerprint density at radius 1 is 0.571 bits per heavy atom. The molecule has 0 aliphatic rings. The topological polar surface area (TPSA) is 76.0 Å². The van der Waals surface area contributed by atoms with Gasteiger partial charge in [-0.25, -0.2) is 0 Å². The Morgan fingerprint density at radius 2 is 0.857 bits per heavy atom. The van der Waals surface area contributed by atoms with Crippen molar-refractivity contribution in [3.8, 4) is 23.0 Å². The summed E-state index contributed by atoms with van der Waals surface area (Å²) in [4.78, 5) is 10.9. The van der Waals surface area contributed by atoms with Crippen LogP contribution in [-0.2, 0) is 15.6 Å². The molecule has 0 radical (unpaired) electrons. The number of carbonyl (C=O) groups is 1. The van der Waals surface area contributed by atoms with Crippen molar-refractivity contribution in [2.24, 2.45) is 0 Å². The third-order valence-electron chi connectivity index (χ3n) is 7.33. The van der Waals surface area contributed by atoms with Gasteiger partial charge in [0.1, 0.15) is 23.0 Å². The van der Waals surface area contributed by atoms with E-state index in [9.17, 15) is 15.0 Å². The van der Waals surface area contributed by atoms with Gasteiger partial charge in [0.2, 0.25) is 0 Å². The molecule has 0 amide bonds. The minimum atomic E-state index is -0.308. The predicted molar refractivity (Wildman–Crippen MR) is 172 cm³/mol. The lowest BCUT2D eigenvalue weighted by molar-refractivity contribution is -0.131. The molecule has 0 aliphatic heterocycles. The Balaban J connectivity index is 0.000000265. The molecule has 224 valence electrons. The van der Waals surface area contributed by atoms with Crippen LogP contribution in [0.25, 0.3) is 0 Å². The minimum Gasteiger partial charge on any atom is -0.508 e. The maximum atomic E-state index is 10.9. The third-order valence-corrected chi connectivity index (χ3v) is 7.33. The number of hydrogen-bond acceptors (Lipinski definition) is 5. The van der Waals surface area contributed by atoms with E-state index >= 15 is 0 Å². The fourth-order valence-corrected chi connectivity index (χ4v) is 4.20. The molecule has 0 saturated carbocycles. The summed E-state index contributed by atoms with van der Waals surface area (Å²) in [6.45, 7) is 14.3. The maximum absolute atomic E-state index is 10.9. The first-order valence-electron chi connectivity index (χ1n) is 14.4. The van der Waals surface area contributed by atoms with E-state index in [1.54, 1.807) is 31.4 Å². The normalized spacial score (nSPS) is 10.9. The zero-order chi connectivity index (χ0) is 31.3. The van der Waals surface area contributed by atoms with Gasteiger partial charge in [0.05, 0.1) is 7.11 Å². The molecule has 0 spiro atoms. The summed E-state index contributed by atoms with van der Waals surface area (Å²) in [7, 11) is 1.66. The van der Waals surface area contributed by atoms with Crippen molar-refractivity contribution in [3.05, 3.63) is 119 Å². The molecule has 0 heterocycles. The molecule has 0 atom stereocenters. The molecular weight excluding hydrogens is 524 g/mol. The molecule has 4 aromatic rings. The molecule has 5 nitrogen and oxygen atoms in total. The first kappa shape index (κ1) is 34.0. The smallest absolute Gasteiger partial charge is 0.308 e. The van der Waals surface area contributed by atoms with E-state index in [2.05, 4.69) is 53.7 Å². The largest absolute Gasteiger partial charge is 0.508 e. The number of carbonyl (C=O) groups excluding carboxylic acids is 1. The van der Waals surface area contributed by atoms with Crippen LogP contribution in [0.5, 0.6) is 23.0 Å². The Bertz CT molecular complexity index is 1300. The van der Waals surface area contributed by atoms with Crippen molar-refractivity contribution in [3.63, 3.8) is 0 Å². The average Bonchev–Trinajstić information content (AvgIpc) is 2.98. The number of rotatable bonds is 7. The molecule has 4 aromatic carbocycles. The van der Waals surface area contributed by atoms with E-state index in [4.69, 9.17) is 9.47 Å². The molecule has 0 aromatic heterocycles. The highest BCUT2D eigenvalue weighted by Gasteiger charge is 2.24. The SMILES string of the molecule is CC(C)(c1ccc(O)cc1)c1ccc(O)cc1.CCCC.COc1ccc(C(C)(C)c2ccc(OC(C)=O)cc2)cc1. The zero-order valence-corrected chi connectivity index (χ0v) is 26.3. The molecule has 0 unspecified atom stereocenters. The highest BCUT2D eigenvalue weighted by Crippen LogP contribution is 2.34. The number of hydrogen-bond donors (Lipinski definition) is 2. The van der Waals surface area contributed by atoms with Crippen LogP contribution in [0, 0.1) is 0 Å². The van der Waals surface area contributed by atoms with Crippen molar-refractivity contribution < 1.29 is 24.5 Å². The van der Waals surface area contributed by atoms with Crippen molar-refractivity contribution in [2.75, 3.05) is 7.11 Å². The van der Waals surface area contributed by atoms with Gasteiger partial charge < -0.3 is 19.7 Å². The highest BCUT2D eigenvalue weighted by molar-refractivity contribution is 5.69. The van der Waals surface area contributed by atoms with Crippen LogP contribution in [-0.4, -0.2) is 23.3 Å². The zero-order valence-electron chi connectivity index (χ0n) is 26.3. The first-order chi connectivity index (χ1) is 19.8. The van der Waals surface area contributed by atoms with Gasteiger partial charge in [-0.15, -0.1) is 0 Å².